The zero-order valence-corrected chi connectivity index (χ0v) is 24.0. The normalized spacial score (nSPS) is 19.5. The predicted octanol–water partition coefficient (Wildman–Crippen LogP) is 1.82. The first kappa shape index (κ1) is 28.9. The van der Waals surface area contributed by atoms with Gasteiger partial charge in [0.1, 0.15) is 17.7 Å². The summed E-state index contributed by atoms with van der Waals surface area (Å²) in [6.07, 6.45) is 2.69. The Hall–Kier alpha value is -4.09. The highest BCUT2D eigenvalue weighted by molar-refractivity contribution is 5.97. The third-order valence-electron chi connectivity index (χ3n) is 7.35. The van der Waals surface area contributed by atoms with E-state index in [0.717, 1.165) is 0 Å². The second-order valence-electron chi connectivity index (χ2n) is 10.9. The molecule has 2 aromatic heterocycles. The predicted molar refractivity (Wildman–Crippen MR) is 149 cm³/mol. The van der Waals surface area contributed by atoms with Crippen LogP contribution >= 0.6 is 0 Å². The van der Waals surface area contributed by atoms with E-state index < -0.39 is 12.1 Å². The number of hydrogen-bond donors (Lipinski definition) is 1. The van der Waals surface area contributed by atoms with Gasteiger partial charge in [-0.25, -0.2) is 14.6 Å². The van der Waals surface area contributed by atoms with Crippen LogP contribution in [-0.4, -0.2) is 78.0 Å². The highest BCUT2D eigenvalue weighted by atomic mass is 16.2. The van der Waals surface area contributed by atoms with E-state index >= 15 is 0 Å². The fourth-order valence-corrected chi connectivity index (χ4v) is 4.93. The minimum absolute atomic E-state index is 0.169. The van der Waals surface area contributed by atoms with Gasteiger partial charge in [-0.2, -0.15) is 5.10 Å². The SMILES string of the molecule is Cc1nc2n(n1)CCN(C(=O)c1ccc3c(=O)n(C)cnc3c1)CCCC(=O)N(C)[C@@H](C)C(=O)N[C@@H]2CC(C)C. The van der Waals surface area contributed by atoms with Crippen molar-refractivity contribution in [1.82, 2.24) is 39.4 Å². The Morgan fingerprint density at radius 3 is 2.60 bits per heavy atom. The van der Waals surface area contributed by atoms with E-state index in [1.54, 1.807) is 55.7 Å². The summed E-state index contributed by atoms with van der Waals surface area (Å²) in [7, 11) is 3.25. The summed E-state index contributed by atoms with van der Waals surface area (Å²) >= 11 is 0. The van der Waals surface area contributed by atoms with Crippen molar-refractivity contribution >= 4 is 28.6 Å². The number of aromatic nitrogens is 5. The largest absolute Gasteiger partial charge is 0.344 e. The Bertz CT molecular complexity index is 1480. The Morgan fingerprint density at radius 2 is 1.88 bits per heavy atom. The fourth-order valence-electron chi connectivity index (χ4n) is 4.93. The maximum absolute atomic E-state index is 13.7. The standard InChI is InChI=1S/C28H38N8O4/c1-17(2)14-23-25-30-19(4)32-36(25)13-12-35(11-7-8-24(37)34(6)18(3)26(38)31-23)27(39)20-9-10-21-22(15-20)29-16-33(5)28(21)40/h9-10,15-18,23H,7-8,11-14H2,1-6H3,(H,31,38)/t18-,23+/m0/s1. The van der Waals surface area contributed by atoms with Gasteiger partial charge in [-0.1, -0.05) is 13.8 Å². The van der Waals surface area contributed by atoms with Crippen LogP contribution in [0.25, 0.3) is 10.9 Å². The summed E-state index contributed by atoms with van der Waals surface area (Å²) in [5.41, 5.74) is 0.672. The molecule has 0 saturated heterocycles. The van der Waals surface area contributed by atoms with Gasteiger partial charge in [0.2, 0.25) is 11.8 Å². The molecule has 2 atom stereocenters. The molecule has 1 aliphatic heterocycles. The van der Waals surface area contributed by atoms with Crippen molar-refractivity contribution in [3.05, 3.63) is 52.1 Å². The molecule has 3 amide bonds. The lowest BCUT2D eigenvalue weighted by atomic mass is 10.0. The van der Waals surface area contributed by atoms with Crippen molar-refractivity contribution in [2.45, 2.75) is 65.6 Å². The van der Waals surface area contributed by atoms with E-state index in [1.165, 1.54) is 15.8 Å². The number of likely N-dealkylation sites (N-methyl/N-ethyl adjacent to an activating group) is 1. The van der Waals surface area contributed by atoms with E-state index in [-0.39, 0.29) is 35.6 Å². The van der Waals surface area contributed by atoms with Gasteiger partial charge in [0.25, 0.3) is 11.5 Å². The van der Waals surface area contributed by atoms with Crippen molar-refractivity contribution in [1.29, 1.82) is 0 Å². The number of aryl methyl sites for hydroxylation is 2. The van der Waals surface area contributed by atoms with Gasteiger partial charge < -0.3 is 19.7 Å². The Labute approximate surface area is 233 Å². The third kappa shape index (κ3) is 6.21. The van der Waals surface area contributed by atoms with Gasteiger partial charge in [0.15, 0.2) is 0 Å². The molecule has 1 N–H and O–H groups in total. The molecule has 4 rings (SSSR count). The van der Waals surface area contributed by atoms with Crippen molar-refractivity contribution < 1.29 is 14.4 Å². The summed E-state index contributed by atoms with van der Waals surface area (Å²) in [5.74, 6) is 0.815. The summed E-state index contributed by atoms with van der Waals surface area (Å²) in [6, 6.07) is 3.82. The molecule has 0 saturated carbocycles. The molecule has 0 unspecified atom stereocenters. The van der Waals surface area contributed by atoms with Crippen LogP contribution in [0.5, 0.6) is 0 Å². The van der Waals surface area contributed by atoms with Crippen molar-refractivity contribution in [3.63, 3.8) is 0 Å². The molecule has 3 aromatic rings. The second-order valence-corrected chi connectivity index (χ2v) is 10.9. The Morgan fingerprint density at radius 1 is 1.12 bits per heavy atom. The molecule has 214 valence electrons. The number of carbonyl (C=O) groups excluding carboxylic acids is 3. The second kappa shape index (κ2) is 12.0. The van der Waals surface area contributed by atoms with Crippen molar-refractivity contribution in [2.75, 3.05) is 20.1 Å². The maximum Gasteiger partial charge on any atom is 0.260 e. The highest BCUT2D eigenvalue weighted by Gasteiger charge is 2.29. The Balaban J connectivity index is 1.68. The number of benzene rings is 1. The van der Waals surface area contributed by atoms with Gasteiger partial charge in [-0.05, 0) is 50.8 Å². The molecule has 1 aromatic carbocycles. The minimum atomic E-state index is -0.668. The van der Waals surface area contributed by atoms with Crippen LogP contribution in [0, 0.1) is 12.8 Å². The number of fused-ring (bicyclic) bond motifs is 2. The molecular formula is C28H38N8O4. The van der Waals surface area contributed by atoms with E-state index in [9.17, 15) is 19.2 Å². The smallest absolute Gasteiger partial charge is 0.260 e. The van der Waals surface area contributed by atoms with Crippen molar-refractivity contribution in [2.24, 2.45) is 13.0 Å². The number of rotatable bonds is 3. The first-order valence-corrected chi connectivity index (χ1v) is 13.7. The lowest BCUT2D eigenvalue weighted by molar-refractivity contribution is -0.138. The van der Waals surface area contributed by atoms with Crippen LogP contribution in [0.4, 0.5) is 0 Å². The summed E-state index contributed by atoms with van der Waals surface area (Å²) in [6.45, 7) is 8.66. The zero-order valence-electron chi connectivity index (χ0n) is 24.0. The molecule has 0 fully saturated rings. The van der Waals surface area contributed by atoms with Crippen LogP contribution in [0.2, 0.25) is 0 Å². The van der Waals surface area contributed by atoms with Crippen molar-refractivity contribution in [3.8, 4) is 0 Å². The summed E-state index contributed by atoms with van der Waals surface area (Å²) in [4.78, 5) is 64.3. The van der Waals surface area contributed by atoms with Crippen LogP contribution < -0.4 is 10.9 Å². The summed E-state index contributed by atoms with van der Waals surface area (Å²) in [5, 5.41) is 8.10. The molecule has 0 aliphatic carbocycles. The average Bonchev–Trinajstić information content (AvgIpc) is 3.30. The van der Waals surface area contributed by atoms with Gasteiger partial charge in [0.05, 0.1) is 29.8 Å². The Kier molecular flexibility index (Phi) is 8.65. The van der Waals surface area contributed by atoms with E-state index in [2.05, 4.69) is 34.2 Å². The number of carbonyl (C=O) groups is 3. The number of hydrogen-bond acceptors (Lipinski definition) is 7. The monoisotopic (exact) mass is 550 g/mol. The molecule has 0 spiro atoms. The molecule has 0 radical (unpaired) electrons. The van der Waals surface area contributed by atoms with Gasteiger partial charge in [0, 0.05) is 39.2 Å². The van der Waals surface area contributed by atoms with E-state index in [1.807, 2.05) is 0 Å². The molecule has 3 heterocycles. The minimum Gasteiger partial charge on any atom is -0.344 e. The van der Waals surface area contributed by atoms with Crippen LogP contribution in [0.15, 0.2) is 29.3 Å². The first-order valence-electron chi connectivity index (χ1n) is 13.7. The maximum atomic E-state index is 13.7. The molecule has 0 bridgehead atoms. The number of nitrogens with one attached hydrogen (secondary N) is 1. The number of nitrogens with zero attached hydrogens (tertiary/aromatic N) is 7. The van der Waals surface area contributed by atoms with Crippen LogP contribution in [0.1, 0.15) is 68.1 Å². The van der Waals surface area contributed by atoms with E-state index in [4.69, 9.17) is 0 Å². The average molecular weight is 551 g/mol. The lowest BCUT2D eigenvalue weighted by Gasteiger charge is -2.29. The molecule has 12 heteroatoms. The van der Waals surface area contributed by atoms with Crippen LogP contribution in [-0.2, 0) is 23.2 Å². The van der Waals surface area contributed by atoms with Crippen LogP contribution in [0.3, 0.4) is 0 Å². The summed E-state index contributed by atoms with van der Waals surface area (Å²) < 4.78 is 3.16. The van der Waals surface area contributed by atoms with Gasteiger partial charge in [-0.15, -0.1) is 0 Å². The first-order chi connectivity index (χ1) is 19.0. The van der Waals surface area contributed by atoms with E-state index in [0.29, 0.717) is 60.6 Å². The third-order valence-corrected chi connectivity index (χ3v) is 7.35. The fraction of sp³-hybridized carbons (Fsp3) is 0.536. The van der Waals surface area contributed by atoms with Gasteiger partial charge >= 0.3 is 0 Å². The highest BCUT2D eigenvalue weighted by Crippen LogP contribution is 2.22. The number of amides is 3. The molecule has 40 heavy (non-hydrogen) atoms. The lowest BCUT2D eigenvalue weighted by Crippen LogP contribution is -2.47. The molecule has 12 nitrogen and oxygen atoms in total. The molecular weight excluding hydrogens is 512 g/mol. The molecule has 1 aliphatic rings. The topological polar surface area (TPSA) is 135 Å². The quantitative estimate of drug-likeness (QED) is 0.526. The van der Waals surface area contributed by atoms with Gasteiger partial charge in [-0.3, -0.25) is 19.2 Å². The zero-order chi connectivity index (χ0) is 29.1.